The number of nitriles is 1. The predicted molar refractivity (Wildman–Crippen MR) is 59.7 cm³/mol. The lowest BCUT2D eigenvalue weighted by molar-refractivity contribution is 0.472. The van der Waals surface area contributed by atoms with E-state index in [4.69, 9.17) is 5.26 Å². The van der Waals surface area contributed by atoms with Crippen LogP contribution >= 0.6 is 0 Å². The Morgan fingerprint density at radius 2 is 2.13 bits per heavy atom. The molecular weight excluding hydrogens is 186 g/mol. The van der Waals surface area contributed by atoms with Crippen LogP contribution in [0.4, 0.5) is 5.69 Å². The summed E-state index contributed by atoms with van der Waals surface area (Å²) < 4.78 is 0. The maximum atomic E-state index is 8.78. The second-order valence-electron chi connectivity index (χ2n) is 3.78. The summed E-state index contributed by atoms with van der Waals surface area (Å²) in [7, 11) is 0. The van der Waals surface area contributed by atoms with Gasteiger partial charge in [-0.3, -0.25) is 0 Å². The number of anilines is 1. The number of rotatable bonds is 2. The van der Waals surface area contributed by atoms with E-state index in [-0.39, 0.29) is 0 Å². The van der Waals surface area contributed by atoms with Crippen LogP contribution in [-0.4, -0.2) is 19.1 Å². The first-order chi connectivity index (χ1) is 7.38. The average Bonchev–Trinajstić information content (AvgIpc) is 2.31. The van der Waals surface area contributed by atoms with Crippen LogP contribution in [0.2, 0.25) is 0 Å². The molecule has 0 unspecified atom stereocenters. The van der Waals surface area contributed by atoms with Crippen molar-refractivity contribution in [2.75, 3.05) is 18.4 Å². The van der Waals surface area contributed by atoms with Crippen molar-refractivity contribution < 1.29 is 0 Å². The van der Waals surface area contributed by atoms with Gasteiger partial charge in [-0.1, -0.05) is 6.07 Å². The average molecular weight is 200 g/mol. The zero-order chi connectivity index (χ0) is 10.5. The molecule has 1 aliphatic rings. The second-order valence-corrected chi connectivity index (χ2v) is 3.78. The molecule has 0 saturated carbocycles. The second kappa shape index (κ2) is 4.81. The molecule has 0 aliphatic carbocycles. The molecule has 1 radical (unpaired) electrons. The fourth-order valence-electron chi connectivity index (χ4n) is 1.81. The van der Waals surface area contributed by atoms with Gasteiger partial charge in [0.05, 0.1) is 11.6 Å². The molecule has 77 valence electrons. The number of piperidine rings is 1. The standard InChI is InChI=1S/C12H14N3/c13-9-10-2-1-3-12(8-10)15-11-4-6-14-7-5-11/h1-3,8,11,15H,4-7H2. The number of nitrogens with one attached hydrogen (secondary N) is 1. The van der Waals surface area contributed by atoms with Crippen LogP contribution in [0.5, 0.6) is 0 Å². The highest BCUT2D eigenvalue weighted by molar-refractivity contribution is 5.49. The van der Waals surface area contributed by atoms with E-state index in [1.165, 1.54) is 0 Å². The van der Waals surface area contributed by atoms with Crippen LogP contribution in [0.15, 0.2) is 24.3 Å². The summed E-state index contributed by atoms with van der Waals surface area (Å²) in [6, 6.07) is 10.3. The first-order valence-corrected chi connectivity index (χ1v) is 5.28. The Hall–Kier alpha value is -1.53. The van der Waals surface area contributed by atoms with Gasteiger partial charge in [0.2, 0.25) is 0 Å². The third-order valence-electron chi connectivity index (χ3n) is 2.63. The number of hydrogen-bond donors (Lipinski definition) is 1. The SMILES string of the molecule is N#Cc1cccc(NC2CC[N]CC2)c1. The van der Waals surface area contributed by atoms with Gasteiger partial charge in [0.1, 0.15) is 0 Å². The van der Waals surface area contributed by atoms with Gasteiger partial charge in [-0.15, -0.1) is 0 Å². The highest BCUT2D eigenvalue weighted by atomic mass is 15.0. The summed E-state index contributed by atoms with van der Waals surface area (Å²) in [6.07, 6.45) is 2.19. The molecule has 1 saturated heterocycles. The summed E-state index contributed by atoms with van der Waals surface area (Å²) in [6.45, 7) is 1.91. The smallest absolute Gasteiger partial charge is 0.0992 e. The van der Waals surface area contributed by atoms with Crippen molar-refractivity contribution in [3.8, 4) is 6.07 Å². The molecule has 1 heterocycles. The molecule has 1 N–H and O–H groups in total. The van der Waals surface area contributed by atoms with Crippen LogP contribution < -0.4 is 10.6 Å². The zero-order valence-electron chi connectivity index (χ0n) is 8.61. The molecule has 0 amide bonds. The summed E-state index contributed by atoms with van der Waals surface area (Å²) >= 11 is 0. The van der Waals surface area contributed by atoms with Gasteiger partial charge in [-0.2, -0.15) is 5.26 Å². The molecule has 1 aromatic carbocycles. The Kier molecular flexibility index (Phi) is 3.21. The Balaban J connectivity index is 2.00. The minimum Gasteiger partial charge on any atom is -0.382 e. The first-order valence-electron chi connectivity index (χ1n) is 5.28. The van der Waals surface area contributed by atoms with Crippen molar-refractivity contribution >= 4 is 5.69 Å². The van der Waals surface area contributed by atoms with Crippen molar-refractivity contribution in [2.45, 2.75) is 18.9 Å². The summed E-state index contributed by atoms with van der Waals surface area (Å²) in [5, 5.41) is 16.5. The van der Waals surface area contributed by atoms with Crippen molar-refractivity contribution in [3.63, 3.8) is 0 Å². The summed E-state index contributed by atoms with van der Waals surface area (Å²) in [5.74, 6) is 0. The molecule has 1 fully saturated rings. The first kappa shape index (κ1) is 10.0. The normalized spacial score (nSPS) is 17.0. The van der Waals surface area contributed by atoms with E-state index >= 15 is 0 Å². The van der Waals surface area contributed by atoms with E-state index in [0.717, 1.165) is 31.6 Å². The third kappa shape index (κ3) is 2.71. The summed E-state index contributed by atoms with van der Waals surface area (Å²) in [4.78, 5) is 0. The maximum Gasteiger partial charge on any atom is 0.0992 e. The largest absolute Gasteiger partial charge is 0.382 e. The van der Waals surface area contributed by atoms with Crippen molar-refractivity contribution in [1.82, 2.24) is 5.32 Å². The highest BCUT2D eigenvalue weighted by Gasteiger charge is 2.12. The van der Waals surface area contributed by atoms with Crippen LogP contribution in [-0.2, 0) is 0 Å². The molecule has 0 atom stereocenters. The maximum absolute atomic E-state index is 8.78. The molecule has 3 nitrogen and oxygen atoms in total. The molecule has 0 spiro atoms. The Morgan fingerprint density at radius 3 is 2.87 bits per heavy atom. The van der Waals surface area contributed by atoms with Crippen LogP contribution in [0.3, 0.4) is 0 Å². The zero-order valence-corrected chi connectivity index (χ0v) is 8.61. The van der Waals surface area contributed by atoms with Crippen molar-refractivity contribution in [1.29, 1.82) is 5.26 Å². The molecule has 0 bridgehead atoms. The quantitative estimate of drug-likeness (QED) is 0.790. The molecule has 1 aromatic rings. The Bertz CT molecular complexity index is 361. The third-order valence-corrected chi connectivity index (χ3v) is 2.63. The van der Waals surface area contributed by atoms with E-state index in [9.17, 15) is 0 Å². The van der Waals surface area contributed by atoms with Crippen LogP contribution in [0.1, 0.15) is 18.4 Å². The lowest BCUT2D eigenvalue weighted by atomic mass is 10.1. The van der Waals surface area contributed by atoms with Gasteiger partial charge in [-0.05, 0) is 31.0 Å². The van der Waals surface area contributed by atoms with Gasteiger partial charge >= 0.3 is 0 Å². The lowest BCUT2D eigenvalue weighted by Crippen LogP contribution is -2.31. The molecule has 2 rings (SSSR count). The molecular formula is C12H14N3. The van der Waals surface area contributed by atoms with Crippen LogP contribution in [0.25, 0.3) is 0 Å². The minimum atomic E-state index is 0.511. The molecule has 0 aromatic heterocycles. The Labute approximate surface area is 90.1 Å². The lowest BCUT2D eigenvalue weighted by Gasteiger charge is -2.23. The van der Waals surface area contributed by atoms with Gasteiger partial charge < -0.3 is 5.32 Å². The highest BCUT2D eigenvalue weighted by Crippen LogP contribution is 2.15. The number of nitrogens with zero attached hydrogens (tertiary/aromatic N) is 2. The minimum absolute atomic E-state index is 0.511. The van der Waals surface area contributed by atoms with E-state index in [2.05, 4.69) is 16.7 Å². The van der Waals surface area contributed by atoms with E-state index in [1.807, 2.05) is 24.3 Å². The fraction of sp³-hybridized carbons (Fsp3) is 0.417. The Morgan fingerprint density at radius 1 is 1.33 bits per heavy atom. The van der Waals surface area contributed by atoms with E-state index in [0.29, 0.717) is 11.6 Å². The fourth-order valence-corrected chi connectivity index (χ4v) is 1.81. The van der Waals surface area contributed by atoms with Crippen LogP contribution in [0, 0.1) is 11.3 Å². The van der Waals surface area contributed by atoms with Gasteiger partial charge in [0.25, 0.3) is 0 Å². The van der Waals surface area contributed by atoms with E-state index in [1.54, 1.807) is 0 Å². The van der Waals surface area contributed by atoms with Gasteiger partial charge in [0, 0.05) is 24.8 Å². The topological polar surface area (TPSA) is 49.9 Å². The number of benzene rings is 1. The monoisotopic (exact) mass is 200 g/mol. The molecule has 1 aliphatic heterocycles. The van der Waals surface area contributed by atoms with Gasteiger partial charge in [0.15, 0.2) is 0 Å². The molecule has 3 heteroatoms. The predicted octanol–water partition coefficient (Wildman–Crippen LogP) is 1.74. The summed E-state index contributed by atoms with van der Waals surface area (Å²) in [5.41, 5.74) is 1.75. The molecule has 15 heavy (non-hydrogen) atoms. The van der Waals surface area contributed by atoms with Crippen molar-refractivity contribution in [2.24, 2.45) is 0 Å². The number of hydrogen-bond acceptors (Lipinski definition) is 2. The van der Waals surface area contributed by atoms with Gasteiger partial charge in [-0.25, -0.2) is 5.32 Å². The van der Waals surface area contributed by atoms with E-state index < -0.39 is 0 Å². The van der Waals surface area contributed by atoms with Crippen molar-refractivity contribution in [3.05, 3.63) is 29.8 Å².